The van der Waals surface area contributed by atoms with Gasteiger partial charge in [-0.05, 0) is 35.8 Å². The van der Waals surface area contributed by atoms with E-state index < -0.39 is 0 Å². The second kappa shape index (κ2) is 6.88. The number of rotatable bonds is 6. The molecule has 102 valence electrons. The van der Waals surface area contributed by atoms with E-state index in [1.165, 1.54) is 10.4 Å². The molecule has 1 aromatic carbocycles. The van der Waals surface area contributed by atoms with Crippen LogP contribution < -0.4 is 5.32 Å². The van der Waals surface area contributed by atoms with Crippen LogP contribution in [0.5, 0.6) is 0 Å². The average molecular weight is 273 g/mol. The fourth-order valence-corrected chi connectivity index (χ4v) is 3.14. The van der Waals surface area contributed by atoms with Crippen LogP contribution in [-0.4, -0.2) is 6.54 Å². The van der Waals surface area contributed by atoms with Crippen LogP contribution >= 0.6 is 11.3 Å². The summed E-state index contributed by atoms with van der Waals surface area (Å²) < 4.78 is 0. The van der Waals surface area contributed by atoms with Crippen LogP contribution in [-0.2, 0) is 0 Å². The maximum Gasteiger partial charge on any atom is 0.0386 e. The van der Waals surface area contributed by atoms with E-state index in [-0.39, 0.29) is 0 Å². The Morgan fingerprint density at radius 3 is 2.32 bits per heavy atom. The molecule has 0 aliphatic carbocycles. The van der Waals surface area contributed by atoms with Crippen molar-refractivity contribution in [1.29, 1.82) is 0 Å². The molecule has 0 spiro atoms. The summed E-state index contributed by atoms with van der Waals surface area (Å²) in [7, 11) is 0. The molecular formula is C17H23NS. The van der Waals surface area contributed by atoms with E-state index in [1.54, 1.807) is 0 Å². The number of hydrogen-bond acceptors (Lipinski definition) is 2. The molecule has 0 saturated carbocycles. The molecule has 0 amide bonds. The van der Waals surface area contributed by atoms with Crippen molar-refractivity contribution in [2.24, 2.45) is 5.92 Å². The molecular weight excluding hydrogens is 250 g/mol. The van der Waals surface area contributed by atoms with E-state index in [0.29, 0.717) is 17.9 Å². The third-order valence-electron chi connectivity index (χ3n) is 3.65. The van der Waals surface area contributed by atoms with E-state index in [0.717, 1.165) is 6.54 Å². The highest BCUT2D eigenvalue weighted by atomic mass is 32.1. The summed E-state index contributed by atoms with van der Waals surface area (Å²) in [6.07, 6.45) is 0. The molecule has 0 saturated heterocycles. The van der Waals surface area contributed by atoms with Crippen molar-refractivity contribution in [1.82, 2.24) is 5.32 Å². The third kappa shape index (κ3) is 3.92. The Bertz CT molecular complexity index is 461. The zero-order valence-corrected chi connectivity index (χ0v) is 12.8. The summed E-state index contributed by atoms with van der Waals surface area (Å²) in [4.78, 5) is 1.41. The van der Waals surface area contributed by atoms with Crippen LogP contribution in [0.2, 0.25) is 0 Å². The molecule has 1 N–H and O–H groups in total. The third-order valence-corrected chi connectivity index (χ3v) is 4.70. The molecule has 2 rings (SSSR count). The van der Waals surface area contributed by atoms with Crippen molar-refractivity contribution < 1.29 is 0 Å². The van der Waals surface area contributed by atoms with Gasteiger partial charge in [-0.1, -0.05) is 50.2 Å². The molecule has 1 nitrogen and oxygen atoms in total. The summed E-state index contributed by atoms with van der Waals surface area (Å²) in [5.74, 6) is 1.22. The summed E-state index contributed by atoms with van der Waals surface area (Å²) in [6, 6.07) is 15.6. The van der Waals surface area contributed by atoms with Gasteiger partial charge in [0.2, 0.25) is 0 Å². The molecule has 2 atom stereocenters. The molecule has 2 heteroatoms. The average Bonchev–Trinajstić information content (AvgIpc) is 2.93. The van der Waals surface area contributed by atoms with Gasteiger partial charge in [0.05, 0.1) is 0 Å². The number of thiophene rings is 1. The van der Waals surface area contributed by atoms with E-state index >= 15 is 0 Å². The van der Waals surface area contributed by atoms with Crippen LogP contribution in [0.25, 0.3) is 0 Å². The van der Waals surface area contributed by atoms with Gasteiger partial charge in [0.25, 0.3) is 0 Å². The first-order chi connectivity index (χ1) is 9.18. The summed E-state index contributed by atoms with van der Waals surface area (Å²) in [6.45, 7) is 7.87. The fraction of sp³-hybridized carbons (Fsp3) is 0.412. The predicted molar refractivity (Wildman–Crippen MR) is 84.8 cm³/mol. The molecule has 1 unspecified atom stereocenters. The lowest BCUT2D eigenvalue weighted by Gasteiger charge is -2.24. The number of benzene rings is 1. The van der Waals surface area contributed by atoms with Gasteiger partial charge in [-0.2, -0.15) is 0 Å². The number of nitrogens with one attached hydrogen (secondary N) is 1. The highest BCUT2D eigenvalue weighted by molar-refractivity contribution is 7.10. The monoisotopic (exact) mass is 273 g/mol. The van der Waals surface area contributed by atoms with Crippen molar-refractivity contribution in [3.63, 3.8) is 0 Å². The molecule has 1 aromatic heterocycles. The van der Waals surface area contributed by atoms with Gasteiger partial charge in [-0.25, -0.2) is 0 Å². The van der Waals surface area contributed by atoms with Crippen molar-refractivity contribution in [3.8, 4) is 0 Å². The molecule has 0 aliphatic heterocycles. The predicted octanol–water partition coefficient (Wildman–Crippen LogP) is 4.84. The normalized spacial score (nSPS) is 14.5. The van der Waals surface area contributed by atoms with E-state index in [4.69, 9.17) is 0 Å². The van der Waals surface area contributed by atoms with E-state index in [9.17, 15) is 0 Å². The molecule has 0 aliphatic rings. The zero-order chi connectivity index (χ0) is 13.7. The van der Waals surface area contributed by atoms with E-state index in [1.807, 2.05) is 11.3 Å². The Balaban J connectivity index is 1.98. The summed E-state index contributed by atoms with van der Waals surface area (Å²) >= 11 is 1.82. The van der Waals surface area contributed by atoms with Crippen LogP contribution in [0.4, 0.5) is 0 Å². The van der Waals surface area contributed by atoms with Crippen LogP contribution in [0.15, 0.2) is 47.8 Å². The fourth-order valence-electron chi connectivity index (χ4n) is 2.38. The Labute approximate surface area is 120 Å². The maximum absolute atomic E-state index is 3.68. The first kappa shape index (κ1) is 14.3. The second-order valence-electron chi connectivity index (χ2n) is 5.41. The summed E-state index contributed by atoms with van der Waals surface area (Å²) in [5, 5.41) is 5.82. The summed E-state index contributed by atoms with van der Waals surface area (Å²) in [5.41, 5.74) is 1.43. The topological polar surface area (TPSA) is 12.0 Å². The van der Waals surface area contributed by atoms with Gasteiger partial charge in [0, 0.05) is 17.5 Å². The first-order valence-electron chi connectivity index (χ1n) is 7.00. The lowest BCUT2D eigenvalue weighted by Crippen LogP contribution is -2.26. The van der Waals surface area contributed by atoms with Gasteiger partial charge in [0.1, 0.15) is 0 Å². The smallest absolute Gasteiger partial charge is 0.0386 e. The highest BCUT2D eigenvalue weighted by Crippen LogP contribution is 2.25. The molecule has 19 heavy (non-hydrogen) atoms. The van der Waals surface area contributed by atoms with Gasteiger partial charge < -0.3 is 5.32 Å². The molecule has 0 radical (unpaired) electrons. The Morgan fingerprint density at radius 2 is 1.74 bits per heavy atom. The van der Waals surface area contributed by atoms with Gasteiger partial charge in [-0.15, -0.1) is 11.3 Å². The SMILES string of the molecule is CC(C)C(CN[C@@H](C)c1cccs1)c1ccccc1. The quantitative estimate of drug-likeness (QED) is 0.794. The Kier molecular flexibility index (Phi) is 5.17. The second-order valence-corrected chi connectivity index (χ2v) is 6.39. The number of hydrogen-bond donors (Lipinski definition) is 1. The minimum atomic E-state index is 0.435. The van der Waals surface area contributed by atoms with Crippen molar-refractivity contribution in [2.75, 3.05) is 6.54 Å². The standard InChI is InChI=1S/C17H23NS/c1-13(2)16(15-8-5-4-6-9-15)12-18-14(3)17-10-7-11-19-17/h4-11,13-14,16,18H,12H2,1-3H3/t14-,16?/m0/s1. The minimum Gasteiger partial charge on any atom is -0.309 e. The van der Waals surface area contributed by atoms with Gasteiger partial charge in [0.15, 0.2) is 0 Å². The largest absolute Gasteiger partial charge is 0.309 e. The first-order valence-corrected chi connectivity index (χ1v) is 7.88. The molecule has 1 heterocycles. The van der Waals surface area contributed by atoms with Crippen molar-refractivity contribution in [3.05, 3.63) is 58.3 Å². The lowest BCUT2D eigenvalue weighted by atomic mass is 9.88. The van der Waals surface area contributed by atoms with Crippen molar-refractivity contribution >= 4 is 11.3 Å². The minimum absolute atomic E-state index is 0.435. The Hall–Kier alpha value is -1.12. The van der Waals surface area contributed by atoms with Gasteiger partial charge >= 0.3 is 0 Å². The van der Waals surface area contributed by atoms with Crippen LogP contribution in [0.1, 0.15) is 43.2 Å². The maximum atomic E-state index is 3.68. The van der Waals surface area contributed by atoms with Crippen LogP contribution in [0, 0.1) is 5.92 Å². The molecule has 2 aromatic rings. The highest BCUT2D eigenvalue weighted by Gasteiger charge is 2.17. The molecule has 0 fully saturated rings. The lowest BCUT2D eigenvalue weighted by molar-refractivity contribution is 0.438. The van der Waals surface area contributed by atoms with E-state index in [2.05, 4.69) is 73.9 Å². The molecule has 0 bridgehead atoms. The Morgan fingerprint density at radius 1 is 1.00 bits per heavy atom. The van der Waals surface area contributed by atoms with Crippen molar-refractivity contribution in [2.45, 2.75) is 32.7 Å². The van der Waals surface area contributed by atoms with Gasteiger partial charge in [-0.3, -0.25) is 0 Å². The zero-order valence-electron chi connectivity index (χ0n) is 12.0. The van der Waals surface area contributed by atoms with Crippen LogP contribution in [0.3, 0.4) is 0 Å².